The van der Waals surface area contributed by atoms with Crippen LogP contribution in [0.25, 0.3) is 0 Å². The molecule has 2 rings (SSSR count). The molecule has 2 aliphatic rings. The number of rotatable bonds is 1. The Morgan fingerprint density at radius 2 is 1.67 bits per heavy atom. The van der Waals surface area contributed by atoms with Crippen LogP contribution in [0.3, 0.4) is 0 Å². The van der Waals surface area contributed by atoms with Crippen LogP contribution in [0.15, 0.2) is 0 Å². The summed E-state index contributed by atoms with van der Waals surface area (Å²) >= 11 is 0. The van der Waals surface area contributed by atoms with Crippen molar-refractivity contribution in [1.29, 1.82) is 0 Å². The van der Waals surface area contributed by atoms with Crippen molar-refractivity contribution in [2.45, 2.75) is 58.8 Å². The predicted molar refractivity (Wildman–Crippen MR) is 53.1 cm³/mol. The van der Waals surface area contributed by atoms with Gasteiger partial charge in [-0.25, -0.2) is 0 Å². The van der Waals surface area contributed by atoms with Crippen LogP contribution >= 0.6 is 0 Å². The third kappa shape index (κ3) is 1.20. The van der Waals surface area contributed by atoms with E-state index >= 15 is 0 Å². The van der Waals surface area contributed by atoms with Gasteiger partial charge in [0.15, 0.2) is 0 Å². The topological polar surface area (TPSA) is 0 Å². The third-order valence-corrected chi connectivity index (χ3v) is 4.39. The van der Waals surface area contributed by atoms with E-state index in [9.17, 15) is 0 Å². The van der Waals surface area contributed by atoms with Gasteiger partial charge in [-0.3, -0.25) is 0 Å². The maximum Gasteiger partial charge on any atom is -0.0267 e. The molecule has 0 aromatic carbocycles. The van der Waals surface area contributed by atoms with Gasteiger partial charge >= 0.3 is 0 Å². The molecule has 0 N–H and O–H groups in total. The van der Waals surface area contributed by atoms with Crippen LogP contribution in [0.5, 0.6) is 0 Å². The third-order valence-electron chi connectivity index (χ3n) is 4.39. The van der Waals surface area contributed by atoms with Gasteiger partial charge in [-0.15, -0.1) is 0 Å². The molecule has 1 spiro atoms. The van der Waals surface area contributed by atoms with Gasteiger partial charge in [-0.2, -0.15) is 0 Å². The Kier molecular flexibility index (Phi) is 2.18. The standard InChI is InChI=1S/C12H22/c1-10(2)11-6-9-12(11)7-4-3-5-8-12/h10-11H,3-9H2,1-2H3. The monoisotopic (exact) mass is 166 g/mol. The summed E-state index contributed by atoms with van der Waals surface area (Å²) in [5, 5.41) is 0. The van der Waals surface area contributed by atoms with Crippen molar-refractivity contribution in [2.75, 3.05) is 0 Å². The predicted octanol–water partition coefficient (Wildman–Crippen LogP) is 4.00. The molecule has 0 heterocycles. The molecule has 1 unspecified atom stereocenters. The van der Waals surface area contributed by atoms with E-state index in [-0.39, 0.29) is 0 Å². The van der Waals surface area contributed by atoms with Crippen molar-refractivity contribution >= 4 is 0 Å². The van der Waals surface area contributed by atoms with Crippen molar-refractivity contribution in [3.05, 3.63) is 0 Å². The first-order valence-electron chi connectivity index (χ1n) is 5.75. The Morgan fingerprint density at radius 1 is 1.00 bits per heavy atom. The van der Waals surface area contributed by atoms with Crippen LogP contribution in [0, 0.1) is 17.3 Å². The van der Waals surface area contributed by atoms with E-state index in [0.717, 1.165) is 17.3 Å². The Labute approximate surface area is 76.7 Å². The van der Waals surface area contributed by atoms with Gasteiger partial charge in [0.25, 0.3) is 0 Å². The molecule has 2 saturated carbocycles. The summed E-state index contributed by atoms with van der Waals surface area (Å²) in [5.74, 6) is 2.02. The second-order valence-electron chi connectivity index (χ2n) is 5.31. The van der Waals surface area contributed by atoms with Crippen molar-refractivity contribution in [3.63, 3.8) is 0 Å². The summed E-state index contributed by atoms with van der Waals surface area (Å²) in [4.78, 5) is 0. The summed E-state index contributed by atoms with van der Waals surface area (Å²) in [6.07, 6.45) is 10.7. The molecule has 12 heavy (non-hydrogen) atoms. The molecule has 0 bridgehead atoms. The second kappa shape index (κ2) is 3.05. The Hall–Kier alpha value is 0. The van der Waals surface area contributed by atoms with E-state index < -0.39 is 0 Å². The summed E-state index contributed by atoms with van der Waals surface area (Å²) in [6.45, 7) is 4.83. The van der Waals surface area contributed by atoms with Crippen molar-refractivity contribution in [3.8, 4) is 0 Å². The molecule has 0 aromatic rings. The molecule has 0 aliphatic heterocycles. The van der Waals surface area contributed by atoms with E-state index in [1.165, 1.54) is 25.7 Å². The van der Waals surface area contributed by atoms with Crippen LogP contribution in [-0.4, -0.2) is 0 Å². The van der Waals surface area contributed by atoms with E-state index in [1.807, 2.05) is 0 Å². The molecule has 0 nitrogen and oxygen atoms in total. The molecule has 2 fully saturated rings. The van der Waals surface area contributed by atoms with Crippen LogP contribution in [-0.2, 0) is 0 Å². The average molecular weight is 166 g/mol. The highest BCUT2D eigenvalue weighted by atomic mass is 14.5. The highest BCUT2D eigenvalue weighted by molar-refractivity contribution is 4.97. The zero-order chi connectivity index (χ0) is 8.60. The highest BCUT2D eigenvalue weighted by Gasteiger charge is 2.47. The fourth-order valence-corrected chi connectivity index (χ4v) is 3.64. The van der Waals surface area contributed by atoms with Gasteiger partial charge in [-0.1, -0.05) is 33.1 Å². The summed E-state index contributed by atoms with van der Waals surface area (Å²) < 4.78 is 0. The quantitative estimate of drug-likeness (QED) is 0.552. The normalized spacial score (nSPS) is 33.8. The Morgan fingerprint density at radius 3 is 2.08 bits per heavy atom. The van der Waals surface area contributed by atoms with Gasteiger partial charge in [0.1, 0.15) is 0 Å². The minimum absolute atomic E-state index is 0.840. The molecule has 1 atom stereocenters. The van der Waals surface area contributed by atoms with Crippen LogP contribution in [0.1, 0.15) is 58.8 Å². The minimum Gasteiger partial charge on any atom is -0.0625 e. The van der Waals surface area contributed by atoms with E-state index in [1.54, 1.807) is 19.3 Å². The minimum atomic E-state index is 0.840. The molecule has 2 aliphatic carbocycles. The van der Waals surface area contributed by atoms with Gasteiger partial charge in [-0.05, 0) is 42.9 Å². The van der Waals surface area contributed by atoms with Gasteiger partial charge in [0, 0.05) is 0 Å². The van der Waals surface area contributed by atoms with Crippen LogP contribution in [0.2, 0.25) is 0 Å². The van der Waals surface area contributed by atoms with Crippen LogP contribution < -0.4 is 0 Å². The van der Waals surface area contributed by atoms with Crippen molar-refractivity contribution in [2.24, 2.45) is 17.3 Å². The lowest BCUT2D eigenvalue weighted by Crippen LogP contribution is -2.44. The molecule has 0 saturated heterocycles. The lowest BCUT2D eigenvalue weighted by Gasteiger charge is -2.54. The lowest BCUT2D eigenvalue weighted by atomic mass is 9.51. The second-order valence-corrected chi connectivity index (χ2v) is 5.31. The van der Waals surface area contributed by atoms with Gasteiger partial charge < -0.3 is 0 Å². The first-order valence-corrected chi connectivity index (χ1v) is 5.75. The zero-order valence-electron chi connectivity index (χ0n) is 8.60. The summed E-state index contributed by atoms with van der Waals surface area (Å²) in [6, 6.07) is 0. The fourth-order valence-electron chi connectivity index (χ4n) is 3.64. The SMILES string of the molecule is CC(C)C1CCC12CCCCC2. The van der Waals surface area contributed by atoms with Crippen LogP contribution in [0.4, 0.5) is 0 Å². The fraction of sp³-hybridized carbons (Fsp3) is 1.00. The van der Waals surface area contributed by atoms with E-state index in [2.05, 4.69) is 13.8 Å². The zero-order valence-corrected chi connectivity index (χ0v) is 8.60. The molecule has 0 heteroatoms. The maximum atomic E-state index is 2.42. The number of hydrogen-bond acceptors (Lipinski definition) is 0. The molecular formula is C12H22. The lowest BCUT2D eigenvalue weighted by molar-refractivity contribution is -0.0368. The highest BCUT2D eigenvalue weighted by Crippen LogP contribution is 2.58. The molecule has 0 amide bonds. The van der Waals surface area contributed by atoms with Crippen molar-refractivity contribution in [1.82, 2.24) is 0 Å². The molecule has 70 valence electrons. The van der Waals surface area contributed by atoms with E-state index in [0.29, 0.717) is 0 Å². The maximum absolute atomic E-state index is 2.42. The van der Waals surface area contributed by atoms with Gasteiger partial charge in [0.05, 0.1) is 0 Å². The first kappa shape index (κ1) is 8.59. The van der Waals surface area contributed by atoms with E-state index in [4.69, 9.17) is 0 Å². The largest absolute Gasteiger partial charge is 0.0625 e. The summed E-state index contributed by atoms with van der Waals surface area (Å²) in [5.41, 5.74) is 0.840. The molecule has 0 aromatic heterocycles. The smallest absolute Gasteiger partial charge is 0.0267 e. The Bertz CT molecular complexity index is 151. The van der Waals surface area contributed by atoms with Gasteiger partial charge in [0.2, 0.25) is 0 Å². The first-order chi connectivity index (χ1) is 5.75. The molecular weight excluding hydrogens is 144 g/mol. The average Bonchev–Trinajstić information content (AvgIpc) is 2.03. The number of hydrogen-bond donors (Lipinski definition) is 0. The molecule has 0 radical (unpaired) electrons. The summed E-state index contributed by atoms with van der Waals surface area (Å²) in [7, 11) is 0. The van der Waals surface area contributed by atoms with Crippen molar-refractivity contribution < 1.29 is 0 Å². The Balaban J connectivity index is 2.00.